The monoisotopic (exact) mass is 255 g/mol. The van der Waals surface area contributed by atoms with Gasteiger partial charge in [0.2, 0.25) is 0 Å². The Morgan fingerprint density at radius 1 is 1.28 bits per heavy atom. The normalized spacial score (nSPS) is 10.6. The van der Waals surface area contributed by atoms with E-state index in [1.54, 1.807) is 6.92 Å². The van der Waals surface area contributed by atoms with E-state index in [-0.39, 0.29) is 18.2 Å². The maximum Gasteiger partial charge on any atom is 0.188 e. The Hall–Kier alpha value is -1.30. The average molecular weight is 255 g/mol. The average Bonchev–Trinajstić information content (AvgIpc) is 2.36. The highest BCUT2D eigenvalue weighted by molar-refractivity contribution is 5.97. The predicted molar refractivity (Wildman–Crippen MR) is 66.2 cm³/mol. The van der Waals surface area contributed by atoms with Crippen molar-refractivity contribution in [3.63, 3.8) is 0 Å². The summed E-state index contributed by atoms with van der Waals surface area (Å²) in [5.74, 6) is -0.487. The van der Waals surface area contributed by atoms with Gasteiger partial charge in [0.1, 0.15) is 12.4 Å². The van der Waals surface area contributed by atoms with E-state index in [1.807, 2.05) is 0 Å². The Balaban J connectivity index is 2.30. The topological polar surface area (TPSA) is 61.5 Å². The van der Waals surface area contributed by atoms with Gasteiger partial charge >= 0.3 is 0 Å². The van der Waals surface area contributed by atoms with Crippen molar-refractivity contribution in [2.75, 3.05) is 33.0 Å². The SMILES string of the molecule is Cc1cc(C(=O)COCCOCCN)ccc1F. The minimum absolute atomic E-state index is 0.0307. The second-order valence-corrected chi connectivity index (χ2v) is 3.84. The van der Waals surface area contributed by atoms with Crippen LogP contribution in [0.3, 0.4) is 0 Å². The van der Waals surface area contributed by atoms with E-state index in [4.69, 9.17) is 15.2 Å². The van der Waals surface area contributed by atoms with E-state index in [0.29, 0.717) is 37.5 Å². The maximum atomic E-state index is 13.0. The molecule has 0 unspecified atom stereocenters. The third kappa shape index (κ3) is 4.91. The van der Waals surface area contributed by atoms with Crippen molar-refractivity contribution >= 4 is 5.78 Å². The first-order valence-electron chi connectivity index (χ1n) is 5.80. The third-order valence-electron chi connectivity index (χ3n) is 2.35. The Morgan fingerprint density at radius 3 is 2.67 bits per heavy atom. The summed E-state index contributed by atoms with van der Waals surface area (Å²) in [4.78, 5) is 11.7. The molecular formula is C13H18FNO3. The van der Waals surface area contributed by atoms with Crippen LogP contribution in [0.1, 0.15) is 15.9 Å². The van der Waals surface area contributed by atoms with E-state index in [2.05, 4.69) is 0 Å². The lowest BCUT2D eigenvalue weighted by molar-refractivity contribution is 0.0460. The van der Waals surface area contributed by atoms with E-state index in [1.165, 1.54) is 18.2 Å². The van der Waals surface area contributed by atoms with Gasteiger partial charge < -0.3 is 15.2 Å². The second-order valence-electron chi connectivity index (χ2n) is 3.84. The number of hydrogen-bond acceptors (Lipinski definition) is 4. The maximum absolute atomic E-state index is 13.0. The summed E-state index contributed by atoms with van der Waals surface area (Å²) in [7, 11) is 0. The highest BCUT2D eigenvalue weighted by Crippen LogP contribution is 2.09. The van der Waals surface area contributed by atoms with Gasteiger partial charge in [-0.05, 0) is 30.7 Å². The Labute approximate surface area is 106 Å². The molecule has 2 N–H and O–H groups in total. The van der Waals surface area contributed by atoms with Gasteiger partial charge in [-0.3, -0.25) is 4.79 Å². The fourth-order valence-corrected chi connectivity index (χ4v) is 1.37. The van der Waals surface area contributed by atoms with Crippen LogP contribution < -0.4 is 5.73 Å². The lowest BCUT2D eigenvalue weighted by Gasteiger charge is -2.05. The number of nitrogens with two attached hydrogens (primary N) is 1. The number of rotatable bonds is 8. The molecule has 5 heteroatoms. The molecule has 0 bridgehead atoms. The molecule has 0 saturated carbocycles. The number of aryl methyl sites for hydroxylation is 1. The molecule has 0 aliphatic rings. The summed E-state index contributed by atoms with van der Waals surface area (Å²) in [6.07, 6.45) is 0. The van der Waals surface area contributed by atoms with Crippen LogP contribution in [-0.2, 0) is 9.47 Å². The van der Waals surface area contributed by atoms with E-state index < -0.39 is 0 Å². The van der Waals surface area contributed by atoms with Crippen molar-refractivity contribution in [2.45, 2.75) is 6.92 Å². The second kappa shape index (κ2) is 7.92. The van der Waals surface area contributed by atoms with Gasteiger partial charge in [0.25, 0.3) is 0 Å². The first-order valence-corrected chi connectivity index (χ1v) is 5.80. The largest absolute Gasteiger partial charge is 0.378 e. The molecule has 1 aromatic rings. The van der Waals surface area contributed by atoms with Gasteiger partial charge in [0.05, 0.1) is 19.8 Å². The van der Waals surface area contributed by atoms with Crippen molar-refractivity contribution < 1.29 is 18.7 Å². The summed E-state index contributed by atoms with van der Waals surface area (Å²) < 4.78 is 23.3. The molecule has 0 heterocycles. The number of benzene rings is 1. The molecule has 18 heavy (non-hydrogen) atoms. The van der Waals surface area contributed by atoms with Crippen LogP contribution in [-0.4, -0.2) is 38.8 Å². The molecule has 0 fully saturated rings. The highest BCUT2D eigenvalue weighted by Gasteiger charge is 2.07. The quantitative estimate of drug-likeness (QED) is 0.562. The number of carbonyl (C=O) groups is 1. The zero-order valence-electron chi connectivity index (χ0n) is 10.4. The van der Waals surface area contributed by atoms with Crippen molar-refractivity contribution in [2.24, 2.45) is 5.73 Å². The van der Waals surface area contributed by atoms with Crippen LogP contribution in [0, 0.1) is 12.7 Å². The van der Waals surface area contributed by atoms with Crippen molar-refractivity contribution in [3.05, 3.63) is 35.1 Å². The Bertz CT molecular complexity index is 396. The van der Waals surface area contributed by atoms with E-state index >= 15 is 0 Å². The lowest BCUT2D eigenvalue weighted by Crippen LogP contribution is -2.15. The minimum atomic E-state index is -0.317. The van der Waals surface area contributed by atoms with Gasteiger partial charge in [-0.2, -0.15) is 0 Å². The van der Waals surface area contributed by atoms with Crippen LogP contribution in [0.5, 0.6) is 0 Å². The summed E-state index contributed by atoms with van der Waals surface area (Å²) in [5, 5.41) is 0. The fourth-order valence-electron chi connectivity index (χ4n) is 1.37. The van der Waals surface area contributed by atoms with Crippen LogP contribution in [0.25, 0.3) is 0 Å². The number of ketones is 1. The molecule has 0 atom stereocenters. The number of hydrogen-bond donors (Lipinski definition) is 1. The van der Waals surface area contributed by atoms with E-state index in [9.17, 15) is 9.18 Å². The Kier molecular flexibility index (Phi) is 6.49. The van der Waals surface area contributed by atoms with E-state index in [0.717, 1.165) is 0 Å². The van der Waals surface area contributed by atoms with Crippen molar-refractivity contribution in [3.8, 4) is 0 Å². The van der Waals surface area contributed by atoms with Gasteiger partial charge in [-0.25, -0.2) is 4.39 Å². The molecule has 0 aromatic heterocycles. The molecule has 100 valence electrons. The highest BCUT2D eigenvalue weighted by atomic mass is 19.1. The number of halogens is 1. The Morgan fingerprint density at radius 2 is 2.00 bits per heavy atom. The van der Waals surface area contributed by atoms with Crippen LogP contribution in [0.2, 0.25) is 0 Å². The molecule has 0 amide bonds. The number of carbonyl (C=O) groups excluding carboxylic acids is 1. The molecule has 1 rings (SSSR count). The molecule has 0 radical (unpaired) electrons. The van der Waals surface area contributed by atoms with Crippen molar-refractivity contribution in [1.82, 2.24) is 0 Å². The zero-order chi connectivity index (χ0) is 13.4. The van der Waals surface area contributed by atoms with Crippen LogP contribution >= 0.6 is 0 Å². The molecule has 0 saturated heterocycles. The van der Waals surface area contributed by atoms with Gasteiger partial charge in [-0.1, -0.05) is 0 Å². The van der Waals surface area contributed by atoms with Gasteiger partial charge in [-0.15, -0.1) is 0 Å². The van der Waals surface area contributed by atoms with Crippen LogP contribution in [0.15, 0.2) is 18.2 Å². The lowest BCUT2D eigenvalue weighted by atomic mass is 10.1. The standard InChI is InChI=1S/C13H18FNO3/c1-10-8-11(2-3-12(10)14)13(16)9-18-7-6-17-5-4-15/h2-3,8H,4-7,9,15H2,1H3. The number of Topliss-reactive ketones (excluding diaryl/α,β-unsaturated/α-hetero) is 1. The summed E-state index contributed by atoms with van der Waals surface area (Å²) >= 11 is 0. The third-order valence-corrected chi connectivity index (χ3v) is 2.35. The smallest absolute Gasteiger partial charge is 0.188 e. The fraction of sp³-hybridized carbons (Fsp3) is 0.462. The summed E-state index contributed by atoms with van der Waals surface area (Å²) in [6.45, 7) is 3.28. The molecular weight excluding hydrogens is 237 g/mol. The summed E-state index contributed by atoms with van der Waals surface area (Å²) in [5.41, 5.74) is 6.15. The molecule has 0 aliphatic carbocycles. The molecule has 1 aromatic carbocycles. The molecule has 4 nitrogen and oxygen atoms in total. The molecule has 0 spiro atoms. The van der Waals surface area contributed by atoms with Crippen LogP contribution in [0.4, 0.5) is 4.39 Å². The van der Waals surface area contributed by atoms with Crippen molar-refractivity contribution in [1.29, 1.82) is 0 Å². The minimum Gasteiger partial charge on any atom is -0.378 e. The first kappa shape index (κ1) is 14.8. The van der Waals surface area contributed by atoms with Gasteiger partial charge in [0.15, 0.2) is 5.78 Å². The van der Waals surface area contributed by atoms with Gasteiger partial charge in [0, 0.05) is 12.1 Å². The zero-order valence-corrected chi connectivity index (χ0v) is 10.4. The first-order chi connectivity index (χ1) is 8.65. The molecule has 0 aliphatic heterocycles. The number of ether oxygens (including phenoxy) is 2. The predicted octanol–water partition coefficient (Wildman–Crippen LogP) is 1.31. The summed E-state index contributed by atoms with van der Waals surface area (Å²) in [6, 6.07) is 4.26.